The third-order valence-electron chi connectivity index (χ3n) is 3.52. The summed E-state index contributed by atoms with van der Waals surface area (Å²) >= 11 is 0. The molecule has 2 heterocycles. The molecule has 16 heavy (non-hydrogen) atoms. The van der Waals surface area contributed by atoms with Crippen molar-refractivity contribution >= 4 is 6.03 Å². The highest BCUT2D eigenvalue weighted by atomic mass is 16.5. The van der Waals surface area contributed by atoms with Gasteiger partial charge in [-0.05, 0) is 39.0 Å². The molecule has 4 nitrogen and oxygen atoms in total. The van der Waals surface area contributed by atoms with Gasteiger partial charge in [-0.25, -0.2) is 4.79 Å². The smallest absolute Gasteiger partial charge is 0.317 e. The van der Waals surface area contributed by atoms with Crippen LogP contribution in [0, 0.1) is 0 Å². The van der Waals surface area contributed by atoms with E-state index in [1.54, 1.807) is 0 Å². The SMILES string of the molecule is CC(NC(=O)N1CCCCC1)C1CCCO1. The monoisotopic (exact) mass is 226 g/mol. The minimum Gasteiger partial charge on any atom is -0.376 e. The number of nitrogens with zero attached hydrogens (tertiary/aromatic N) is 1. The van der Waals surface area contributed by atoms with Crippen molar-refractivity contribution in [1.82, 2.24) is 10.2 Å². The lowest BCUT2D eigenvalue weighted by molar-refractivity contribution is 0.0827. The summed E-state index contributed by atoms with van der Waals surface area (Å²) in [6.45, 7) is 4.70. The number of amides is 2. The number of hydrogen-bond donors (Lipinski definition) is 1. The lowest BCUT2D eigenvalue weighted by Gasteiger charge is -2.29. The Morgan fingerprint density at radius 3 is 2.69 bits per heavy atom. The molecule has 2 fully saturated rings. The molecule has 1 N–H and O–H groups in total. The molecule has 2 saturated heterocycles. The normalized spacial score (nSPS) is 27.8. The van der Waals surface area contributed by atoms with E-state index < -0.39 is 0 Å². The summed E-state index contributed by atoms with van der Waals surface area (Å²) in [4.78, 5) is 13.9. The van der Waals surface area contributed by atoms with Gasteiger partial charge in [0.15, 0.2) is 0 Å². The van der Waals surface area contributed by atoms with Crippen molar-refractivity contribution in [3.05, 3.63) is 0 Å². The molecule has 2 unspecified atom stereocenters. The van der Waals surface area contributed by atoms with E-state index in [9.17, 15) is 4.79 Å². The molecule has 0 spiro atoms. The number of piperidine rings is 1. The average molecular weight is 226 g/mol. The van der Waals surface area contributed by atoms with Crippen LogP contribution in [-0.4, -0.2) is 42.8 Å². The van der Waals surface area contributed by atoms with E-state index in [2.05, 4.69) is 5.32 Å². The van der Waals surface area contributed by atoms with Crippen LogP contribution in [0.5, 0.6) is 0 Å². The fourth-order valence-corrected chi connectivity index (χ4v) is 2.47. The Balaban J connectivity index is 1.76. The zero-order valence-electron chi connectivity index (χ0n) is 10.1. The van der Waals surface area contributed by atoms with Gasteiger partial charge in [0, 0.05) is 19.7 Å². The predicted molar refractivity (Wildman–Crippen MR) is 62.4 cm³/mol. The minimum absolute atomic E-state index is 0.0858. The van der Waals surface area contributed by atoms with Gasteiger partial charge in [-0.15, -0.1) is 0 Å². The first-order valence-electron chi connectivity index (χ1n) is 6.44. The van der Waals surface area contributed by atoms with Crippen molar-refractivity contribution in [2.45, 2.75) is 51.2 Å². The average Bonchev–Trinajstić information content (AvgIpc) is 2.83. The van der Waals surface area contributed by atoms with Crippen molar-refractivity contribution in [1.29, 1.82) is 0 Å². The van der Waals surface area contributed by atoms with Crippen LogP contribution in [-0.2, 0) is 4.74 Å². The molecule has 2 rings (SSSR count). The van der Waals surface area contributed by atoms with Crippen LogP contribution >= 0.6 is 0 Å². The van der Waals surface area contributed by atoms with Crippen LogP contribution in [0.3, 0.4) is 0 Å². The zero-order chi connectivity index (χ0) is 11.4. The van der Waals surface area contributed by atoms with Crippen LogP contribution in [0.4, 0.5) is 4.79 Å². The van der Waals surface area contributed by atoms with Gasteiger partial charge in [0.05, 0.1) is 12.1 Å². The number of carbonyl (C=O) groups excluding carboxylic acids is 1. The lowest BCUT2D eigenvalue weighted by atomic mass is 10.1. The number of ether oxygens (including phenoxy) is 1. The fourth-order valence-electron chi connectivity index (χ4n) is 2.47. The van der Waals surface area contributed by atoms with Gasteiger partial charge in [0.25, 0.3) is 0 Å². The summed E-state index contributed by atoms with van der Waals surface area (Å²) in [6.07, 6.45) is 5.94. The van der Waals surface area contributed by atoms with Crippen LogP contribution in [0.2, 0.25) is 0 Å². The maximum absolute atomic E-state index is 11.9. The van der Waals surface area contributed by atoms with Gasteiger partial charge in [0.1, 0.15) is 0 Å². The third-order valence-corrected chi connectivity index (χ3v) is 3.52. The molecule has 0 radical (unpaired) electrons. The van der Waals surface area contributed by atoms with Crippen LogP contribution in [0.15, 0.2) is 0 Å². The highest BCUT2D eigenvalue weighted by molar-refractivity contribution is 5.74. The number of carbonyl (C=O) groups is 1. The Morgan fingerprint density at radius 2 is 2.06 bits per heavy atom. The molecule has 2 aliphatic rings. The Bertz CT molecular complexity index is 233. The summed E-state index contributed by atoms with van der Waals surface area (Å²) in [7, 11) is 0. The molecule has 0 saturated carbocycles. The largest absolute Gasteiger partial charge is 0.376 e. The second-order valence-corrected chi connectivity index (χ2v) is 4.84. The quantitative estimate of drug-likeness (QED) is 0.779. The van der Waals surface area contributed by atoms with Gasteiger partial charge < -0.3 is 15.0 Å². The summed E-state index contributed by atoms with van der Waals surface area (Å²) in [5.74, 6) is 0. The molecule has 0 aromatic rings. The molecule has 2 aliphatic heterocycles. The minimum atomic E-state index is 0.0858. The molecule has 92 valence electrons. The van der Waals surface area contributed by atoms with Crippen LogP contribution in [0.25, 0.3) is 0 Å². The number of urea groups is 1. The molecule has 2 amide bonds. The van der Waals surface area contributed by atoms with Crippen molar-refractivity contribution in [2.75, 3.05) is 19.7 Å². The Hall–Kier alpha value is -0.770. The molecule has 2 atom stereocenters. The number of nitrogens with one attached hydrogen (secondary N) is 1. The number of likely N-dealkylation sites (tertiary alicyclic amines) is 1. The van der Waals surface area contributed by atoms with E-state index >= 15 is 0 Å². The summed E-state index contributed by atoms with van der Waals surface area (Å²) in [6, 6.07) is 0.222. The van der Waals surface area contributed by atoms with Gasteiger partial charge in [-0.2, -0.15) is 0 Å². The highest BCUT2D eigenvalue weighted by Crippen LogP contribution is 2.16. The first-order valence-corrected chi connectivity index (χ1v) is 6.44. The first-order chi connectivity index (χ1) is 7.77. The van der Waals surface area contributed by atoms with Gasteiger partial charge in [-0.1, -0.05) is 0 Å². The molecule has 0 bridgehead atoms. The van der Waals surface area contributed by atoms with E-state index in [4.69, 9.17) is 4.74 Å². The van der Waals surface area contributed by atoms with Crippen molar-refractivity contribution in [2.24, 2.45) is 0 Å². The summed E-state index contributed by atoms with van der Waals surface area (Å²) in [5.41, 5.74) is 0. The highest BCUT2D eigenvalue weighted by Gasteiger charge is 2.25. The van der Waals surface area contributed by atoms with Crippen molar-refractivity contribution in [3.63, 3.8) is 0 Å². The Morgan fingerprint density at radius 1 is 1.31 bits per heavy atom. The molecule has 0 aliphatic carbocycles. The summed E-state index contributed by atoms with van der Waals surface area (Å²) in [5, 5.41) is 3.05. The third kappa shape index (κ3) is 2.88. The molecule has 0 aromatic carbocycles. The first kappa shape index (κ1) is 11.7. The molecular weight excluding hydrogens is 204 g/mol. The summed E-state index contributed by atoms with van der Waals surface area (Å²) < 4.78 is 5.57. The topological polar surface area (TPSA) is 41.6 Å². The maximum Gasteiger partial charge on any atom is 0.317 e. The van der Waals surface area contributed by atoms with E-state index in [1.807, 2.05) is 11.8 Å². The second-order valence-electron chi connectivity index (χ2n) is 4.84. The molecule has 4 heteroatoms. The van der Waals surface area contributed by atoms with E-state index in [-0.39, 0.29) is 18.2 Å². The predicted octanol–water partition coefficient (Wildman–Crippen LogP) is 1.75. The van der Waals surface area contributed by atoms with Crippen molar-refractivity contribution < 1.29 is 9.53 Å². The number of rotatable bonds is 2. The maximum atomic E-state index is 11.9. The van der Waals surface area contributed by atoms with E-state index in [1.165, 1.54) is 6.42 Å². The lowest BCUT2D eigenvalue weighted by Crippen LogP contribution is -2.49. The molecular formula is C12H22N2O2. The second kappa shape index (κ2) is 5.53. The number of hydrogen-bond acceptors (Lipinski definition) is 2. The van der Waals surface area contributed by atoms with Crippen molar-refractivity contribution in [3.8, 4) is 0 Å². The van der Waals surface area contributed by atoms with Crippen LogP contribution < -0.4 is 5.32 Å². The molecule has 0 aromatic heterocycles. The van der Waals surface area contributed by atoms with Gasteiger partial charge >= 0.3 is 6.03 Å². The fraction of sp³-hybridized carbons (Fsp3) is 0.917. The van der Waals surface area contributed by atoms with Gasteiger partial charge in [-0.3, -0.25) is 0 Å². The van der Waals surface area contributed by atoms with Crippen LogP contribution in [0.1, 0.15) is 39.0 Å². The standard InChI is InChI=1S/C12H22N2O2/c1-10(11-6-5-9-16-11)13-12(15)14-7-3-2-4-8-14/h10-11H,2-9H2,1H3,(H,13,15). The Kier molecular flexibility index (Phi) is 4.04. The Labute approximate surface area is 97.3 Å². The van der Waals surface area contributed by atoms with E-state index in [0.29, 0.717) is 0 Å². The van der Waals surface area contributed by atoms with E-state index in [0.717, 1.165) is 45.4 Å². The zero-order valence-corrected chi connectivity index (χ0v) is 10.1. The van der Waals surface area contributed by atoms with Gasteiger partial charge in [0.2, 0.25) is 0 Å².